The molecular formula is C25H32N2O4. The second-order valence-corrected chi connectivity index (χ2v) is 8.48. The number of nitrogens with zero attached hydrogens (tertiary/aromatic N) is 1. The molecule has 31 heavy (non-hydrogen) atoms. The molecule has 3 rings (SSSR count). The summed E-state index contributed by atoms with van der Waals surface area (Å²) in [6.07, 6.45) is 5.72. The first-order chi connectivity index (χ1) is 14.8. The Balaban J connectivity index is 1.92. The van der Waals surface area contributed by atoms with Crippen LogP contribution in [0.15, 0.2) is 30.3 Å². The number of carbonyl (C=O) groups is 3. The number of aromatic nitrogens is 1. The van der Waals surface area contributed by atoms with Gasteiger partial charge in [0.2, 0.25) is 0 Å². The van der Waals surface area contributed by atoms with E-state index in [1.807, 2.05) is 18.2 Å². The molecule has 1 atom stereocenters. The molecule has 0 radical (unpaired) electrons. The predicted octanol–water partition coefficient (Wildman–Crippen LogP) is 4.71. The fraction of sp³-hybridized carbons (Fsp3) is 0.480. The number of carbonyl (C=O) groups excluding carboxylic acids is 3. The number of aromatic amines is 1. The number of rotatable bonds is 7. The van der Waals surface area contributed by atoms with Crippen LogP contribution >= 0.6 is 0 Å². The van der Waals surface area contributed by atoms with Crippen molar-refractivity contribution in [1.82, 2.24) is 9.88 Å². The SMILES string of the molecule is COC(=O)c1[nH]c(C)c(C(=O)[C@@H](C)N(CC2CCCCC2)C(=O)c2ccccc2)c1C. The van der Waals surface area contributed by atoms with Gasteiger partial charge in [-0.05, 0) is 57.2 Å². The second-order valence-electron chi connectivity index (χ2n) is 8.48. The summed E-state index contributed by atoms with van der Waals surface area (Å²) >= 11 is 0. The summed E-state index contributed by atoms with van der Waals surface area (Å²) in [5, 5.41) is 0. The van der Waals surface area contributed by atoms with Crippen molar-refractivity contribution in [2.24, 2.45) is 5.92 Å². The van der Waals surface area contributed by atoms with Gasteiger partial charge in [-0.15, -0.1) is 0 Å². The van der Waals surface area contributed by atoms with Gasteiger partial charge in [-0.1, -0.05) is 37.5 Å². The number of aryl methyl sites for hydroxylation is 1. The van der Waals surface area contributed by atoms with Crippen LogP contribution in [0, 0.1) is 19.8 Å². The van der Waals surface area contributed by atoms with Gasteiger partial charge in [0.25, 0.3) is 5.91 Å². The lowest BCUT2D eigenvalue weighted by Crippen LogP contribution is -2.46. The minimum Gasteiger partial charge on any atom is -0.464 e. The van der Waals surface area contributed by atoms with Gasteiger partial charge in [0, 0.05) is 23.4 Å². The highest BCUT2D eigenvalue weighted by molar-refractivity contribution is 6.07. The summed E-state index contributed by atoms with van der Waals surface area (Å²) in [5.41, 5.74) is 2.49. The highest BCUT2D eigenvalue weighted by atomic mass is 16.5. The highest BCUT2D eigenvalue weighted by Crippen LogP contribution is 2.28. The molecule has 6 heteroatoms. The number of ketones is 1. The van der Waals surface area contributed by atoms with Gasteiger partial charge in [-0.3, -0.25) is 9.59 Å². The molecular weight excluding hydrogens is 392 g/mol. The van der Waals surface area contributed by atoms with E-state index in [-0.39, 0.29) is 17.4 Å². The largest absolute Gasteiger partial charge is 0.464 e. The minimum atomic E-state index is -0.645. The number of Topliss-reactive ketones (excluding diaryl/α,β-unsaturated/α-hetero) is 1. The Morgan fingerprint density at radius 2 is 1.74 bits per heavy atom. The minimum absolute atomic E-state index is 0.133. The van der Waals surface area contributed by atoms with Crippen LogP contribution in [0.25, 0.3) is 0 Å². The number of esters is 1. The maximum absolute atomic E-state index is 13.6. The zero-order valence-corrected chi connectivity index (χ0v) is 18.9. The van der Waals surface area contributed by atoms with E-state index in [0.717, 1.165) is 12.8 Å². The monoisotopic (exact) mass is 424 g/mol. The van der Waals surface area contributed by atoms with E-state index in [2.05, 4.69) is 4.98 Å². The molecule has 0 saturated heterocycles. The molecule has 166 valence electrons. The normalized spacial score (nSPS) is 15.4. The molecule has 0 spiro atoms. The van der Waals surface area contributed by atoms with Crippen molar-refractivity contribution in [1.29, 1.82) is 0 Å². The number of nitrogens with one attached hydrogen (secondary N) is 1. The molecule has 1 aliphatic carbocycles. The van der Waals surface area contributed by atoms with Crippen molar-refractivity contribution in [2.45, 2.75) is 58.9 Å². The van der Waals surface area contributed by atoms with E-state index in [1.54, 1.807) is 37.8 Å². The number of benzene rings is 1. The van der Waals surface area contributed by atoms with Crippen molar-refractivity contribution in [2.75, 3.05) is 13.7 Å². The number of amides is 1. The standard InChI is InChI=1S/C25H32N2O4/c1-16-21(17(2)26-22(16)25(30)31-4)23(28)18(3)27(15-19-11-7-5-8-12-19)24(29)20-13-9-6-10-14-20/h6,9-10,13-14,18-19,26H,5,7-8,11-12,15H2,1-4H3/t18-/m1/s1. The third kappa shape index (κ3) is 4.89. The van der Waals surface area contributed by atoms with Crippen LogP contribution in [0.2, 0.25) is 0 Å². The summed E-state index contributed by atoms with van der Waals surface area (Å²) in [4.78, 5) is 43.7. The van der Waals surface area contributed by atoms with Crippen LogP contribution < -0.4 is 0 Å². The molecule has 1 saturated carbocycles. The Hall–Kier alpha value is -2.89. The third-order valence-electron chi connectivity index (χ3n) is 6.38. The highest BCUT2D eigenvalue weighted by Gasteiger charge is 2.33. The topological polar surface area (TPSA) is 79.5 Å². The van der Waals surface area contributed by atoms with Gasteiger partial charge in [0.15, 0.2) is 5.78 Å². The van der Waals surface area contributed by atoms with E-state index >= 15 is 0 Å². The fourth-order valence-corrected chi connectivity index (χ4v) is 4.59. The fourth-order valence-electron chi connectivity index (χ4n) is 4.59. The lowest BCUT2D eigenvalue weighted by molar-refractivity contribution is 0.0577. The van der Waals surface area contributed by atoms with Gasteiger partial charge >= 0.3 is 5.97 Å². The third-order valence-corrected chi connectivity index (χ3v) is 6.38. The van der Waals surface area contributed by atoms with Crippen molar-refractivity contribution >= 4 is 17.7 Å². The first kappa shape index (κ1) is 22.8. The van der Waals surface area contributed by atoms with Crippen LogP contribution in [0.4, 0.5) is 0 Å². The number of hydrogen-bond donors (Lipinski definition) is 1. The molecule has 1 amide bonds. The van der Waals surface area contributed by atoms with Gasteiger partial charge in [0.1, 0.15) is 5.69 Å². The lowest BCUT2D eigenvalue weighted by atomic mass is 9.88. The number of hydrogen-bond acceptors (Lipinski definition) is 4. The van der Waals surface area contributed by atoms with Crippen LogP contribution in [0.5, 0.6) is 0 Å². The molecule has 2 aromatic rings. The van der Waals surface area contributed by atoms with Crippen LogP contribution in [-0.4, -0.2) is 47.2 Å². The lowest BCUT2D eigenvalue weighted by Gasteiger charge is -2.33. The molecule has 0 bridgehead atoms. The number of ether oxygens (including phenoxy) is 1. The summed E-state index contributed by atoms with van der Waals surface area (Å²) in [5.74, 6) is -0.407. The van der Waals surface area contributed by atoms with Gasteiger partial charge in [0.05, 0.1) is 13.2 Å². The molecule has 1 aromatic carbocycles. The van der Waals surface area contributed by atoms with Crippen molar-refractivity contribution < 1.29 is 19.1 Å². The molecule has 0 unspecified atom stereocenters. The smallest absolute Gasteiger partial charge is 0.354 e. The van der Waals surface area contributed by atoms with Crippen molar-refractivity contribution in [3.05, 3.63) is 58.4 Å². The molecule has 1 aromatic heterocycles. The second kappa shape index (κ2) is 9.94. The Kier molecular flexibility index (Phi) is 7.31. The van der Waals surface area contributed by atoms with Crippen molar-refractivity contribution in [3.63, 3.8) is 0 Å². The zero-order chi connectivity index (χ0) is 22.5. The average molecular weight is 425 g/mol. The Morgan fingerprint density at radius 1 is 1.10 bits per heavy atom. The quantitative estimate of drug-likeness (QED) is 0.516. The summed E-state index contributed by atoms with van der Waals surface area (Å²) in [7, 11) is 1.31. The summed E-state index contributed by atoms with van der Waals surface area (Å²) < 4.78 is 4.82. The van der Waals surface area contributed by atoms with Crippen LogP contribution in [0.3, 0.4) is 0 Å². The molecule has 1 aliphatic rings. The zero-order valence-electron chi connectivity index (χ0n) is 18.9. The molecule has 1 N–H and O–H groups in total. The maximum Gasteiger partial charge on any atom is 0.354 e. The molecule has 6 nitrogen and oxygen atoms in total. The predicted molar refractivity (Wildman–Crippen MR) is 119 cm³/mol. The first-order valence-corrected chi connectivity index (χ1v) is 11.0. The first-order valence-electron chi connectivity index (χ1n) is 11.0. The Bertz CT molecular complexity index is 942. The summed E-state index contributed by atoms with van der Waals surface area (Å²) in [6.45, 7) is 5.85. The van der Waals surface area contributed by atoms with Crippen LogP contribution in [0.1, 0.15) is 81.5 Å². The van der Waals surface area contributed by atoms with Gasteiger partial charge in [-0.2, -0.15) is 0 Å². The average Bonchev–Trinajstić information content (AvgIpc) is 3.10. The summed E-state index contributed by atoms with van der Waals surface area (Å²) in [6, 6.07) is 8.47. The van der Waals surface area contributed by atoms with E-state index in [4.69, 9.17) is 4.74 Å². The van der Waals surface area contributed by atoms with E-state index in [1.165, 1.54) is 26.4 Å². The maximum atomic E-state index is 13.6. The molecule has 1 heterocycles. The number of methoxy groups -OCH3 is 1. The van der Waals surface area contributed by atoms with Crippen LogP contribution in [-0.2, 0) is 4.74 Å². The van der Waals surface area contributed by atoms with Gasteiger partial charge < -0.3 is 14.6 Å². The molecule has 1 fully saturated rings. The van der Waals surface area contributed by atoms with Gasteiger partial charge in [-0.25, -0.2) is 4.79 Å². The van der Waals surface area contributed by atoms with E-state index in [9.17, 15) is 14.4 Å². The number of H-pyrrole nitrogens is 1. The molecule has 0 aliphatic heterocycles. The van der Waals surface area contributed by atoms with Crippen molar-refractivity contribution in [3.8, 4) is 0 Å². The Morgan fingerprint density at radius 3 is 2.35 bits per heavy atom. The Labute approximate surface area is 184 Å². The van der Waals surface area contributed by atoms with E-state index < -0.39 is 12.0 Å². The van der Waals surface area contributed by atoms with E-state index in [0.29, 0.717) is 34.8 Å².